The molecule has 0 saturated heterocycles. The third kappa shape index (κ3) is 14.3. The molecule has 104 valence electrons. The van der Waals surface area contributed by atoms with E-state index >= 15 is 0 Å². The summed E-state index contributed by atoms with van der Waals surface area (Å²) >= 11 is 1.89. The zero-order valence-corrected chi connectivity index (χ0v) is 14.7. The van der Waals surface area contributed by atoms with Crippen molar-refractivity contribution in [1.29, 1.82) is 0 Å². The van der Waals surface area contributed by atoms with Gasteiger partial charge in [-0.3, -0.25) is 4.99 Å². The molecule has 0 saturated carbocycles. The molecule has 17 heavy (non-hydrogen) atoms. The predicted octanol–water partition coefficient (Wildman–Crippen LogP) is 2.96. The van der Waals surface area contributed by atoms with Crippen molar-refractivity contribution in [2.45, 2.75) is 33.1 Å². The third-order valence-corrected chi connectivity index (χ3v) is 2.99. The van der Waals surface area contributed by atoms with Crippen molar-refractivity contribution in [2.24, 2.45) is 10.9 Å². The molecular weight excluding hydrogens is 345 g/mol. The van der Waals surface area contributed by atoms with Crippen molar-refractivity contribution in [3.05, 3.63) is 0 Å². The van der Waals surface area contributed by atoms with E-state index < -0.39 is 0 Å². The van der Waals surface area contributed by atoms with Gasteiger partial charge in [-0.25, -0.2) is 0 Å². The summed E-state index contributed by atoms with van der Waals surface area (Å²) in [6.45, 7) is 6.54. The smallest absolute Gasteiger partial charge is 0.190 e. The average molecular weight is 373 g/mol. The first kappa shape index (κ1) is 19.7. The van der Waals surface area contributed by atoms with Crippen LogP contribution in [0.1, 0.15) is 33.1 Å². The number of guanidine groups is 1. The second-order valence-electron chi connectivity index (χ2n) is 4.31. The number of hydrogen-bond acceptors (Lipinski definition) is 2. The van der Waals surface area contributed by atoms with Gasteiger partial charge >= 0.3 is 0 Å². The SMILES string of the molecule is CN=C(NCCCSC)NCCCC(C)C.I. The molecule has 0 spiro atoms. The Morgan fingerprint density at radius 2 is 1.76 bits per heavy atom. The highest BCUT2D eigenvalue weighted by atomic mass is 127. The quantitative estimate of drug-likeness (QED) is 0.297. The zero-order chi connectivity index (χ0) is 12.2. The molecule has 2 N–H and O–H groups in total. The maximum Gasteiger partial charge on any atom is 0.190 e. The van der Waals surface area contributed by atoms with Crippen LogP contribution in [0.15, 0.2) is 4.99 Å². The van der Waals surface area contributed by atoms with E-state index in [-0.39, 0.29) is 24.0 Å². The van der Waals surface area contributed by atoms with Crippen LogP contribution in [0.2, 0.25) is 0 Å². The molecule has 0 aromatic carbocycles. The summed E-state index contributed by atoms with van der Waals surface area (Å²) in [7, 11) is 1.83. The van der Waals surface area contributed by atoms with E-state index in [4.69, 9.17) is 0 Å². The van der Waals surface area contributed by atoms with Crippen molar-refractivity contribution in [1.82, 2.24) is 10.6 Å². The molecule has 5 heteroatoms. The fourth-order valence-corrected chi connectivity index (χ4v) is 1.79. The van der Waals surface area contributed by atoms with Crippen LogP contribution < -0.4 is 10.6 Å². The normalized spacial score (nSPS) is 11.2. The topological polar surface area (TPSA) is 36.4 Å². The summed E-state index contributed by atoms with van der Waals surface area (Å²) in [6, 6.07) is 0. The van der Waals surface area contributed by atoms with Gasteiger partial charge in [-0.15, -0.1) is 24.0 Å². The van der Waals surface area contributed by atoms with Gasteiger partial charge in [0.1, 0.15) is 0 Å². The second kappa shape index (κ2) is 14.4. The monoisotopic (exact) mass is 373 g/mol. The minimum absolute atomic E-state index is 0. The Morgan fingerprint density at radius 1 is 1.18 bits per heavy atom. The van der Waals surface area contributed by atoms with Gasteiger partial charge in [0, 0.05) is 20.1 Å². The minimum Gasteiger partial charge on any atom is -0.356 e. The Labute approximate surface area is 128 Å². The Kier molecular flexibility index (Phi) is 16.7. The van der Waals surface area contributed by atoms with Gasteiger partial charge in [0.05, 0.1) is 0 Å². The summed E-state index contributed by atoms with van der Waals surface area (Å²) in [4.78, 5) is 4.19. The van der Waals surface area contributed by atoms with Crippen LogP contribution in [0.5, 0.6) is 0 Å². The first-order valence-electron chi connectivity index (χ1n) is 6.14. The van der Waals surface area contributed by atoms with E-state index in [2.05, 4.69) is 35.7 Å². The molecule has 0 bridgehead atoms. The molecule has 0 aromatic rings. The Balaban J connectivity index is 0. The van der Waals surface area contributed by atoms with Gasteiger partial charge in [-0.2, -0.15) is 11.8 Å². The van der Waals surface area contributed by atoms with Crippen LogP contribution in [0.4, 0.5) is 0 Å². The van der Waals surface area contributed by atoms with Gasteiger partial charge in [0.15, 0.2) is 5.96 Å². The number of halogens is 1. The van der Waals surface area contributed by atoms with E-state index in [1.807, 2.05) is 18.8 Å². The lowest BCUT2D eigenvalue weighted by Crippen LogP contribution is -2.38. The number of aliphatic imine (C=N–C) groups is 1. The van der Waals surface area contributed by atoms with Crippen molar-refractivity contribution in [2.75, 3.05) is 32.1 Å². The Hall–Kier alpha value is 0.350. The Bertz CT molecular complexity index is 187. The van der Waals surface area contributed by atoms with E-state index in [9.17, 15) is 0 Å². The van der Waals surface area contributed by atoms with Crippen LogP contribution in [0.3, 0.4) is 0 Å². The maximum absolute atomic E-state index is 4.19. The molecule has 3 nitrogen and oxygen atoms in total. The molecule has 0 amide bonds. The summed E-state index contributed by atoms with van der Waals surface area (Å²) in [5.41, 5.74) is 0. The van der Waals surface area contributed by atoms with Crippen LogP contribution >= 0.6 is 35.7 Å². The fraction of sp³-hybridized carbons (Fsp3) is 0.917. The number of nitrogens with one attached hydrogen (secondary N) is 2. The predicted molar refractivity (Wildman–Crippen MR) is 91.9 cm³/mol. The van der Waals surface area contributed by atoms with Crippen LogP contribution in [-0.4, -0.2) is 38.1 Å². The molecule has 0 fully saturated rings. The van der Waals surface area contributed by atoms with E-state index in [0.29, 0.717) is 0 Å². The molecule has 0 aromatic heterocycles. The van der Waals surface area contributed by atoms with Crippen molar-refractivity contribution < 1.29 is 0 Å². The van der Waals surface area contributed by atoms with Crippen molar-refractivity contribution in [3.8, 4) is 0 Å². The lowest BCUT2D eigenvalue weighted by atomic mass is 10.1. The van der Waals surface area contributed by atoms with Crippen molar-refractivity contribution in [3.63, 3.8) is 0 Å². The van der Waals surface area contributed by atoms with Crippen LogP contribution in [0, 0.1) is 5.92 Å². The summed E-state index contributed by atoms with van der Waals surface area (Å²) in [5, 5.41) is 6.65. The number of hydrogen-bond donors (Lipinski definition) is 2. The van der Waals surface area contributed by atoms with Gasteiger partial charge in [-0.1, -0.05) is 13.8 Å². The summed E-state index contributed by atoms with van der Waals surface area (Å²) < 4.78 is 0. The van der Waals surface area contributed by atoms with E-state index in [0.717, 1.165) is 25.0 Å². The largest absolute Gasteiger partial charge is 0.356 e. The fourth-order valence-electron chi connectivity index (χ4n) is 1.36. The van der Waals surface area contributed by atoms with Gasteiger partial charge < -0.3 is 10.6 Å². The minimum atomic E-state index is 0. The first-order valence-corrected chi connectivity index (χ1v) is 7.53. The average Bonchev–Trinajstić information content (AvgIpc) is 2.26. The maximum atomic E-state index is 4.19. The number of rotatable bonds is 8. The molecular formula is C12H28IN3S. The molecule has 0 aliphatic heterocycles. The lowest BCUT2D eigenvalue weighted by Gasteiger charge is -2.12. The van der Waals surface area contributed by atoms with Gasteiger partial charge in [-0.05, 0) is 37.2 Å². The summed E-state index contributed by atoms with van der Waals surface area (Å²) in [6.07, 6.45) is 5.81. The standard InChI is InChI=1S/C12H27N3S.HI/c1-11(2)7-5-8-14-12(13-3)15-9-6-10-16-4;/h11H,5-10H2,1-4H3,(H2,13,14,15);1H. The van der Waals surface area contributed by atoms with Crippen LogP contribution in [0.25, 0.3) is 0 Å². The second-order valence-corrected chi connectivity index (χ2v) is 5.29. The highest BCUT2D eigenvalue weighted by Crippen LogP contribution is 2.01. The van der Waals surface area contributed by atoms with Crippen molar-refractivity contribution >= 4 is 41.7 Å². The number of thioether (sulfide) groups is 1. The summed E-state index contributed by atoms with van der Waals surface area (Å²) in [5.74, 6) is 2.93. The van der Waals surface area contributed by atoms with Gasteiger partial charge in [0.2, 0.25) is 0 Å². The lowest BCUT2D eigenvalue weighted by molar-refractivity contribution is 0.549. The highest BCUT2D eigenvalue weighted by Gasteiger charge is 1.97. The molecule has 0 unspecified atom stereocenters. The molecule has 0 aliphatic carbocycles. The molecule has 0 atom stereocenters. The third-order valence-electron chi connectivity index (χ3n) is 2.29. The van der Waals surface area contributed by atoms with E-state index in [1.54, 1.807) is 0 Å². The zero-order valence-electron chi connectivity index (χ0n) is 11.6. The molecule has 0 radical (unpaired) electrons. The van der Waals surface area contributed by atoms with E-state index in [1.165, 1.54) is 25.0 Å². The van der Waals surface area contributed by atoms with Gasteiger partial charge in [0.25, 0.3) is 0 Å². The first-order chi connectivity index (χ1) is 7.70. The Morgan fingerprint density at radius 3 is 2.24 bits per heavy atom. The number of nitrogens with zero attached hydrogens (tertiary/aromatic N) is 1. The highest BCUT2D eigenvalue weighted by molar-refractivity contribution is 14.0. The van der Waals surface area contributed by atoms with Crippen LogP contribution in [-0.2, 0) is 0 Å². The molecule has 0 aliphatic rings. The molecule has 0 heterocycles. The molecule has 0 rings (SSSR count).